The van der Waals surface area contributed by atoms with Gasteiger partial charge in [0.05, 0.1) is 10.2 Å². The molecule has 0 N–H and O–H groups in total. The fourth-order valence-corrected chi connectivity index (χ4v) is 3.40. The molecule has 0 amide bonds. The van der Waals surface area contributed by atoms with Crippen LogP contribution in [0.5, 0.6) is 5.75 Å². The van der Waals surface area contributed by atoms with Gasteiger partial charge in [-0.25, -0.2) is 4.98 Å². The van der Waals surface area contributed by atoms with Gasteiger partial charge in [0.15, 0.2) is 5.01 Å². The lowest BCUT2D eigenvalue weighted by Gasteiger charge is -2.09. The molecule has 0 bridgehead atoms. The summed E-state index contributed by atoms with van der Waals surface area (Å²) in [5, 5.41) is 9.40. The molecule has 3 nitrogen and oxygen atoms in total. The minimum absolute atomic E-state index is 0.485. The second-order valence-electron chi connectivity index (χ2n) is 5.56. The van der Waals surface area contributed by atoms with Crippen LogP contribution in [-0.4, -0.2) is 4.98 Å². The number of aromatic nitrogens is 1. The van der Waals surface area contributed by atoms with Crippen LogP contribution in [0.3, 0.4) is 0 Å². The highest BCUT2D eigenvalue weighted by Gasteiger charge is 2.05. The Morgan fingerprint density at radius 2 is 2.09 bits per heavy atom. The smallest absolute Gasteiger partial charge is 0.195 e. The molecular formula is C19H18N2OS. The summed E-state index contributed by atoms with van der Waals surface area (Å²) in [5.74, 6) is 0.806. The highest BCUT2D eigenvalue weighted by molar-refractivity contribution is 7.19. The van der Waals surface area contributed by atoms with Crippen molar-refractivity contribution in [3.05, 3.63) is 58.1 Å². The molecule has 0 spiro atoms. The third kappa shape index (κ3) is 3.52. The number of benzene rings is 2. The molecule has 0 radical (unpaired) electrons. The van der Waals surface area contributed by atoms with Crippen molar-refractivity contribution in [1.82, 2.24) is 4.98 Å². The number of nitriles is 1. The molecule has 116 valence electrons. The zero-order valence-electron chi connectivity index (χ0n) is 13.3. The van der Waals surface area contributed by atoms with Crippen molar-refractivity contribution in [2.45, 2.75) is 33.3 Å². The summed E-state index contributed by atoms with van der Waals surface area (Å²) < 4.78 is 6.87. The molecule has 0 saturated heterocycles. The van der Waals surface area contributed by atoms with Gasteiger partial charge in [0.1, 0.15) is 18.4 Å². The van der Waals surface area contributed by atoms with E-state index in [4.69, 9.17) is 10.00 Å². The Bertz CT molecular complexity index is 877. The number of rotatable bonds is 5. The number of aryl methyl sites for hydroxylation is 2. The monoisotopic (exact) mass is 322 g/mol. The average Bonchev–Trinajstić information content (AvgIpc) is 2.97. The molecule has 3 aromatic rings. The normalized spacial score (nSPS) is 10.7. The third-order valence-electron chi connectivity index (χ3n) is 3.79. The molecule has 3 rings (SSSR count). The van der Waals surface area contributed by atoms with Crippen molar-refractivity contribution in [2.24, 2.45) is 0 Å². The third-order valence-corrected chi connectivity index (χ3v) is 4.71. The van der Waals surface area contributed by atoms with Gasteiger partial charge >= 0.3 is 0 Å². The van der Waals surface area contributed by atoms with E-state index in [9.17, 15) is 0 Å². The van der Waals surface area contributed by atoms with Crippen LogP contribution in [0.2, 0.25) is 0 Å². The fourth-order valence-electron chi connectivity index (χ4n) is 2.61. The van der Waals surface area contributed by atoms with Crippen LogP contribution in [0.1, 0.15) is 35.0 Å². The predicted octanol–water partition coefficient (Wildman–Crippen LogP) is 5.01. The maximum atomic E-state index is 8.91. The molecule has 1 heterocycles. The summed E-state index contributed by atoms with van der Waals surface area (Å²) in [4.78, 5) is 4.23. The lowest BCUT2D eigenvalue weighted by Crippen LogP contribution is -1.97. The standard InChI is InChI=1S/C19H18N2OS/c1-3-4-15-6-5-14(9-13(15)2)12-22-16-7-8-17-18(10-16)23-19(11-20)21-17/h5-10H,3-4,12H2,1-2H3. The first kappa shape index (κ1) is 15.5. The Balaban J connectivity index is 1.72. The Kier molecular flexibility index (Phi) is 4.59. The maximum absolute atomic E-state index is 8.91. The van der Waals surface area contributed by atoms with Crippen molar-refractivity contribution in [3.8, 4) is 11.8 Å². The molecule has 0 saturated carbocycles. The molecule has 23 heavy (non-hydrogen) atoms. The van der Waals surface area contributed by atoms with Gasteiger partial charge in [0, 0.05) is 0 Å². The molecule has 0 unspecified atom stereocenters. The molecule has 0 aliphatic carbocycles. The van der Waals surface area contributed by atoms with E-state index in [2.05, 4.69) is 43.1 Å². The first-order valence-electron chi connectivity index (χ1n) is 7.71. The van der Waals surface area contributed by atoms with E-state index in [1.807, 2.05) is 18.2 Å². The second kappa shape index (κ2) is 6.80. The summed E-state index contributed by atoms with van der Waals surface area (Å²) >= 11 is 1.39. The van der Waals surface area contributed by atoms with Crippen LogP contribution in [0.4, 0.5) is 0 Å². The number of fused-ring (bicyclic) bond motifs is 1. The lowest BCUT2D eigenvalue weighted by molar-refractivity contribution is 0.306. The van der Waals surface area contributed by atoms with Crippen LogP contribution >= 0.6 is 11.3 Å². The van der Waals surface area contributed by atoms with E-state index in [-0.39, 0.29) is 0 Å². The molecule has 0 aliphatic heterocycles. The molecule has 0 fully saturated rings. The number of thiazole rings is 1. The quantitative estimate of drug-likeness (QED) is 0.663. The van der Waals surface area contributed by atoms with Gasteiger partial charge in [0.25, 0.3) is 0 Å². The molecule has 2 aromatic carbocycles. The molecule has 0 atom stereocenters. The van der Waals surface area contributed by atoms with Crippen LogP contribution in [-0.2, 0) is 13.0 Å². The maximum Gasteiger partial charge on any atom is 0.195 e. The van der Waals surface area contributed by atoms with Gasteiger partial charge in [-0.2, -0.15) is 5.26 Å². The minimum Gasteiger partial charge on any atom is -0.489 e. The molecule has 1 aromatic heterocycles. The van der Waals surface area contributed by atoms with Crippen molar-refractivity contribution < 1.29 is 4.74 Å². The number of ether oxygens (including phenoxy) is 1. The Labute approximate surface area is 140 Å². The average molecular weight is 322 g/mol. The van der Waals surface area contributed by atoms with Crippen LogP contribution in [0, 0.1) is 18.3 Å². The second-order valence-corrected chi connectivity index (χ2v) is 6.59. The Morgan fingerprint density at radius 3 is 2.83 bits per heavy atom. The number of nitrogens with zero attached hydrogens (tertiary/aromatic N) is 2. The number of hydrogen-bond acceptors (Lipinski definition) is 4. The summed E-state index contributed by atoms with van der Waals surface area (Å²) in [7, 11) is 0. The fraction of sp³-hybridized carbons (Fsp3) is 0.263. The van der Waals surface area contributed by atoms with Crippen LogP contribution in [0.15, 0.2) is 36.4 Å². The van der Waals surface area contributed by atoms with E-state index >= 15 is 0 Å². The van der Waals surface area contributed by atoms with Crippen LogP contribution < -0.4 is 4.74 Å². The van der Waals surface area contributed by atoms with E-state index < -0.39 is 0 Å². The van der Waals surface area contributed by atoms with Crippen molar-refractivity contribution >= 4 is 21.6 Å². The molecular weight excluding hydrogens is 304 g/mol. The van der Waals surface area contributed by atoms with E-state index in [0.717, 1.165) is 28.8 Å². The zero-order chi connectivity index (χ0) is 16.2. The largest absolute Gasteiger partial charge is 0.489 e. The molecule has 0 aliphatic rings. The summed E-state index contributed by atoms with van der Waals surface area (Å²) in [6.07, 6.45) is 2.28. The zero-order valence-corrected chi connectivity index (χ0v) is 14.1. The first-order chi connectivity index (χ1) is 11.2. The molecule has 4 heteroatoms. The van der Waals surface area contributed by atoms with Gasteiger partial charge in [-0.3, -0.25) is 0 Å². The van der Waals surface area contributed by atoms with E-state index in [0.29, 0.717) is 11.6 Å². The predicted molar refractivity (Wildman–Crippen MR) is 93.8 cm³/mol. The van der Waals surface area contributed by atoms with E-state index in [1.165, 1.54) is 28.0 Å². The SMILES string of the molecule is CCCc1ccc(COc2ccc3nc(C#N)sc3c2)cc1C. The highest BCUT2D eigenvalue weighted by atomic mass is 32.1. The summed E-state index contributed by atoms with van der Waals surface area (Å²) in [6, 6.07) is 14.4. The highest BCUT2D eigenvalue weighted by Crippen LogP contribution is 2.26. The van der Waals surface area contributed by atoms with Crippen molar-refractivity contribution in [3.63, 3.8) is 0 Å². The van der Waals surface area contributed by atoms with Gasteiger partial charge in [-0.05, 0) is 48.2 Å². The van der Waals surface area contributed by atoms with Crippen molar-refractivity contribution in [2.75, 3.05) is 0 Å². The van der Waals surface area contributed by atoms with E-state index in [1.54, 1.807) is 0 Å². The Hall–Kier alpha value is -2.38. The van der Waals surface area contributed by atoms with Gasteiger partial charge in [-0.1, -0.05) is 31.5 Å². The topological polar surface area (TPSA) is 45.9 Å². The lowest BCUT2D eigenvalue weighted by atomic mass is 10.0. The minimum atomic E-state index is 0.485. The summed E-state index contributed by atoms with van der Waals surface area (Å²) in [5.41, 5.74) is 4.75. The Morgan fingerprint density at radius 1 is 1.22 bits per heavy atom. The van der Waals surface area contributed by atoms with Crippen molar-refractivity contribution in [1.29, 1.82) is 5.26 Å². The van der Waals surface area contributed by atoms with Crippen LogP contribution in [0.25, 0.3) is 10.2 Å². The first-order valence-corrected chi connectivity index (χ1v) is 8.53. The summed E-state index contributed by atoms with van der Waals surface area (Å²) in [6.45, 7) is 4.90. The number of hydrogen-bond donors (Lipinski definition) is 0. The van der Waals surface area contributed by atoms with Gasteiger partial charge < -0.3 is 4.74 Å². The van der Waals surface area contributed by atoms with Gasteiger partial charge in [-0.15, -0.1) is 11.3 Å². The van der Waals surface area contributed by atoms with Gasteiger partial charge in [0.2, 0.25) is 0 Å².